The van der Waals surface area contributed by atoms with Crippen molar-refractivity contribution in [1.82, 2.24) is 4.98 Å². The number of hydrogen-bond acceptors (Lipinski definition) is 6. The van der Waals surface area contributed by atoms with E-state index in [0.29, 0.717) is 33.3 Å². The Balaban J connectivity index is 2.18. The highest BCUT2D eigenvalue weighted by molar-refractivity contribution is 7.17. The Labute approximate surface area is 150 Å². The van der Waals surface area contributed by atoms with Gasteiger partial charge in [-0.05, 0) is 44.0 Å². The smallest absolute Gasteiger partial charge is 0.350 e. The van der Waals surface area contributed by atoms with Gasteiger partial charge in [0.15, 0.2) is 5.13 Å². The van der Waals surface area contributed by atoms with Gasteiger partial charge in [-0.2, -0.15) is 5.26 Å². The van der Waals surface area contributed by atoms with E-state index in [1.54, 1.807) is 31.2 Å². The molecule has 0 aliphatic carbocycles. The number of anilines is 1. The molecule has 0 fully saturated rings. The number of nitriles is 1. The number of rotatable bonds is 7. The van der Waals surface area contributed by atoms with Gasteiger partial charge >= 0.3 is 5.97 Å². The van der Waals surface area contributed by atoms with E-state index in [0.717, 1.165) is 24.2 Å². The molecule has 0 unspecified atom stereocenters. The number of nitrogens with one attached hydrogen (secondary N) is 1. The Hall–Kier alpha value is -2.72. The maximum absolute atomic E-state index is 12.3. The summed E-state index contributed by atoms with van der Waals surface area (Å²) >= 11 is 1.12. The first-order valence-electron chi connectivity index (χ1n) is 8.07. The summed E-state index contributed by atoms with van der Waals surface area (Å²) in [5.74, 6) is -0.749. The minimum absolute atomic E-state index is 0.289. The van der Waals surface area contributed by atoms with Crippen molar-refractivity contribution in [2.75, 3.05) is 11.9 Å². The molecule has 7 heteroatoms. The number of carbonyl (C=O) groups excluding carboxylic acids is 2. The lowest BCUT2D eigenvalue weighted by Crippen LogP contribution is -2.11. The first kappa shape index (κ1) is 18.6. The van der Waals surface area contributed by atoms with Crippen molar-refractivity contribution in [3.8, 4) is 6.07 Å². The Morgan fingerprint density at radius 3 is 2.60 bits per heavy atom. The number of nitrogens with zero attached hydrogens (tertiary/aromatic N) is 2. The Kier molecular flexibility index (Phi) is 6.66. The molecular weight excluding hydrogens is 338 g/mol. The molecule has 0 radical (unpaired) electrons. The number of ether oxygens (including phenoxy) is 1. The summed E-state index contributed by atoms with van der Waals surface area (Å²) < 4.78 is 5.07. The maximum Gasteiger partial charge on any atom is 0.350 e. The van der Waals surface area contributed by atoms with Crippen molar-refractivity contribution >= 4 is 28.3 Å². The summed E-state index contributed by atoms with van der Waals surface area (Å²) in [5.41, 5.74) is 1.56. The Morgan fingerprint density at radius 2 is 2.00 bits per heavy atom. The molecule has 0 spiro atoms. The van der Waals surface area contributed by atoms with Gasteiger partial charge < -0.3 is 4.74 Å². The number of thiazole rings is 1. The number of amides is 1. The highest BCUT2D eigenvalue weighted by atomic mass is 32.1. The van der Waals surface area contributed by atoms with E-state index < -0.39 is 5.97 Å². The maximum atomic E-state index is 12.3. The summed E-state index contributed by atoms with van der Waals surface area (Å²) in [6.07, 6.45) is 2.54. The Morgan fingerprint density at radius 1 is 1.28 bits per heavy atom. The molecule has 130 valence electrons. The van der Waals surface area contributed by atoms with Crippen molar-refractivity contribution in [3.05, 3.63) is 46.0 Å². The lowest BCUT2D eigenvalue weighted by molar-refractivity contribution is 0.0530. The molecule has 0 saturated carbocycles. The van der Waals surface area contributed by atoms with Crippen molar-refractivity contribution in [3.63, 3.8) is 0 Å². The SMILES string of the molecule is CCCCc1nc(NC(=O)c2ccc(C#N)cc2)sc1C(=O)OCC. The summed E-state index contributed by atoms with van der Waals surface area (Å²) in [4.78, 5) is 29.2. The molecule has 25 heavy (non-hydrogen) atoms. The number of aromatic nitrogens is 1. The third-order valence-electron chi connectivity index (χ3n) is 3.42. The van der Waals surface area contributed by atoms with E-state index in [2.05, 4.69) is 17.2 Å². The molecule has 2 rings (SSSR count). The molecular formula is C18H19N3O3S. The second-order valence-corrected chi connectivity index (χ2v) is 6.26. The summed E-state index contributed by atoms with van der Waals surface area (Å²) in [6.45, 7) is 4.10. The first-order chi connectivity index (χ1) is 12.1. The van der Waals surface area contributed by atoms with E-state index in [1.807, 2.05) is 6.07 Å². The molecule has 1 amide bonds. The van der Waals surface area contributed by atoms with Gasteiger partial charge in [-0.25, -0.2) is 9.78 Å². The van der Waals surface area contributed by atoms with Crippen molar-refractivity contribution in [2.24, 2.45) is 0 Å². The predicted molar refractivity (Wildman–Crippen MR) is 95.8 cm³/mol. The quantitative estimate of drug-likeness (QED) is 0.761. The van der Waals surface area contributed by atoms with E-state index in [9.17, 15) is 9.59 Å². The van der Waals surface area contributed by atoms with Crippen LogP contribution in [0.3, 0.4) is 0 Å². The monoisotopic (exact) mass is 357 g/mol. The van der Waals surface area contributed by atoms with E-state index in [-0.39, 0.29) is 12.5 Å². The minimum atomic E-state index is -0.412. The van der Waals surface area contributed by atoms with E-state index in [1.165, 1.54) is 0 Å². The van der Waals surface area contributed by atoms with Crippen LogP contribution in [0.15, 0.2) is 24.3 Å². The molecule has 1 aromatic heterocycles. The van der Waals surface area contributed by atoms with Gasteiger partial charge in [0.1, 0.15) is 4.88 Å². The van der Waals surface area contributed by atoms with Crippen LogP contribution in [0.2, 0.25) is 0 Å². The predicted octanol–water partition coefficient (Wildman–Crippen LogP) is 3.79. The molecule has 0 aliphatic heterocycles. The van der Waals surface area contributed by atoms with Gasteiger partial charge in [0.25, 0.3) is 5.91 Å². The second-order valence-electron chi connectivity index (χ2n) is 5.26. The zero-order valence-electron chi connectivity index (χ0n) is 14.2. The van der Waals surface area contributed by atoms with Gasteiger partial charge in [-0.15, -0.1) is 0 Å². The van der Waals surface area contributed by atoms with Crippen molar-refractivity contribution in [1.29, 1.82) is 5.26 Å². The molecule has 1 aromatic carbocycles. The Bertz CT molecular complexity index is 791. The molecule has 0 atom stereocenters. The van der Waals surface area contributed by atoms with E-state index >= 15 is 0 Å². The van der Waals surface area contributed by atoms with Crippen LogP contribution in [-0.4, -0.2) is 23.5 Å². The van der Waals surface area contributed by atoms with E-state index in [4.69, 9.17) is 10.00 Å². The molecule has 0 bridgehead atoms. The van der Waals surface area contributed by atoms with Crippen LogP contribution in [0, 0.1) is 11.3 Å². The molecule has 2 aromatic rings. The second kappa shape index (κ2) is 8.94. The normalized spacial score (nSPS) is 10.1. The van der Waals surface area contributed by atoms with Crippen LogP contribution >= 0.6 is 11.3 Å². The third-order valence-corrected chi connectivity index (χ3v) is 4.42. The number of benzene rings is 1. The number of unbranched alkanes of at least 4 members (excludes halogenated alkanes) is 1. The minimum Gasteiger partial charge on any atom is -0.462 e. The molecule has 0 saturated heterocycles. The number of hydrogen-bond donors (Lipinski definition) is 1. The molecule has 6 nitrogen and oxygen atoms in total. The fraction of sp³-hybridized carbons (Fsp3) is 0.333. The van der Waals surface area contributed by atoms with Crippen LogP contribution in [0.1, 0.15) is 58.0 Å². The highest BCUT2D eigenvalue weighted by Gasteiger charge is 2.20. The van der Waals surface area contributed by atoms with Gasteiger partial charge in [-0.1, -0.05) is 24.7 Å². The summed E-state index contributed by atoms with van der Waals surface area (Å²) in [7, 11) is 0. The largest absolute Gasteiger partial charge is 0.462 e. The zero-order valence-corrected chi connectivity index (χ0v) is 15.0. The lowest BCUT2D eigenvalue weighted by Gasteiger charge is -2.01. The summed E-state index contributed by atoms with van der Waals surface area (Å²) in [5, 5.41) is 11.9. The molecule has 0 aliphatic rings. The fourth-order valence-corrected chi connectivity index (χ4v) is 3.04. The van der Waals surface area contributed by atoms with Crippen molar-refractivity contribution in [2.45, 2.75) is 33.1 Å². The van der Waals surface area contributed by atoms with Crippen LogP contribution in [0.25, 0.3) is 0 Å². The first-order valence-corrected chi connectivity index (χ1v) is 8.89. The average molecular weight is 357 g/mol. The summed E-state index contributed by atoms with van der Waals surface area (Å²) in [6, 6.07) is 8.31. The van der Waals surface area contributed by atoms with Crippen LogP contribution in [-0.2, 0) is 11.2 Å². The zero-order chi connectivity index (χ0) is 18.2. The van der Waals surface area contributed by atoms with Gasteiger partial charge in [0.05, 0.1) is 23.9 Å². The van der Waals surface area contributed by atoms with Crippen LogP contribution in [0.4, 0.5) is 5.13 Å². The number of carbonyl (C=O) groups is 2. The average Bonchev–Trinajstić information content (AvgIpc) is 3.03. The number of aryl methyl sites for hydroxylation is 1. The molecule has 1 heterocycles. The van der Waals surface area contributed by atoms with Gasteiger partial charge in [-0.3, -0.25) is 10.1 Å². The van der Waals surface area contributed by atoms with Gasteiger partial charge in [0, 0.05) is 5.56 Å². The highest BCUT2D eigenvalue weighted by Crippen LogP contribution is 2.26. The van der Waals surface area contributed by atoms with Crippen molar-refractivity contribution < 1.29 is 14.3 Å². The fourth-order valence-electron chi connectivity index (χ4n) is 2.14. The standard InChI is InChI=1S/C18H19N3O3S/c1-3-5-6-14-15(17(23)24-4-2)25-18(20-14)21-16(22)13-9-7-12(11-19)8-10-13/h7-10H,3-6H2,1-2H3,(H,20,21,22). The molecule has 1 N–H and O–H groups in total. The number of esters is 1. The third kappa shape index (κ3) is 4.88. The van der Waals surface area contributed by atoms with Crippen LogP contribution in [0.5, 0.6) is 0 Å². The van der Waals surface area contributed by atoms with Crippen LogP contribution < -0.4 is 5.32 Å². The lowest BCUT2D eigenvalue weighted by atomic mass is 10.1. The van der Waals surface area contributed by atoms with Gasteiger partial charge in [0.2, 0.25) is 0 Å². The topological polar surface area (TPSA) is 92.1 Å².